The molecule has 0 saturated carbocycles. The van der Waals surface area contributed by atoms with Crippen molar-refractivity contribution in [3.05, 3.63) is 41.2 Å². The second-order valence-corrected chi connectivity index (χ2v) is 6.62. The maximum absolute atomic E-state index is 12.4. The van der Waals surface area contributed by atoms with Gasteiger partial charge in [0.15, 0.2) is 10.9 Å². The monoisotopic (exact) mass is 337 g/mol. The van der Waals surface area contributed by atoms with Crippen LogP contribution in [-0.2, 0) is 0 Å². The van der Waals surface area contributed by atoms with Crippen LogP contribution in [-0.4, -0.2) is 28.2 Å². The molecule has 0 saturated heterocycles. The van der Waals surface area contributed by atoms with E-state index in [2.05, 4.69) is 15.3 Å². The van der Waals surface area contributed by atoms with E-state index in [4.69, 9.17) is 16.3 Å². The lowest BCUT2D eigenvalue weighted by molar-refractivity contribution is 0.102. The maximum atomic E-state index is 12.4. The summed E-state index contributed by atoms with van der Waals surface area (Å²) in [6.45, 7) is 4.05. The lowest BCUT2D eigenvalue weighted by Crippen LogP contribution is -2.16. The summed E-state index contributed by atoms with van der Waals surface area (Å²) in [5.41, 5.74) is 0.702. The highest BCUT2D eigenvalue weighted by molar-refractivity contribution is 7.99. The average Bonchev–Trinajstić information content (AvgIpc) is 2.49. The van der Waals surface area contributed by atoms with Crippen LogP contribution in [0.5, 0.6) is 5.75 Å². The number of thioether (sulfide) groups is 1. The fourth-order valence-electron chi connectivity index (χ4n) is 1.71. The number of nitrogens with one attached hydrogen (secondary N) is 1. The van der Waals surface area contributed by atoms with Crippen LogP contribution in [0.2, 0.25) is 5.02 Å². The summed E-state index contributed by atoms with van der Waals surface area (Å²) >= 11 is 7.51. The lowest BCUT2D eigenvalue weighted by Gasteiger charge is -2.11. The number of benzene rings is 1. The number of carbonyl (C=O) groups excluding carboxylic acids is 1. The van der Waals surface area contributed by atoms with E-state index < -0.39 is 5.91 Å². The fraction of sp³-hybridized carbons (Fsp3) is 0.267. The summed E-state index contributed by atoms with van der Waals surface area (Å²) in [7, 11) is 1.54. The Morgan fingerprint density at radius 2 is 2.09 bits per heavy atom. The van der Waals surface area contributed by atoms with E-state index in [1.165, 1.54) is 18.0 Å². The van der Waals surface area contributed by atoms with Gasteiger partial charge >= 0.3 is 0 Å². The molecule has 0 aliphatic heterocycles. The standard InChI is InChI=1S/C15H16ClN3O2S/c1-9(2)22-15-17-8-10(16)13(19-15)14(20)18-11-6-4-5-7-12(11)21-3/h4-9H,1-3H3,(H,18,20). The summed E-state index contributed by atoms with van der Waals surface area (Å²) in [6, 6.07) is 7.14. The molecule has 0 bridgehead atoms. The first-order valence-electron chi connectivity index (χ1n) is 6.65. The molecule has 0 aliphatic rings. The van der Waals surface area contributed by atoms with Gasteiger partial charge in [0.25, 0.3) is 5.91 Å². The van der Waals surface area contributed by atoms with Gasteiger partial charge in [0.05, 0.1) is 24.0 Å². The Bertz CT molecular complexity index is 680. The normalized spacial score (nSPS) is 10.6. The molecule has 0 spiro atoms. The molecule has 22 heavy (non-hydrogen) atoms. The number of halogens is 1. The summed E-state index contributed by atoms with van der Waals surface area (Å²) in [5.74, 6) is 0.167. The number of amides is 1. The third kappa shape index (κ3) is 4.11. The first kappa shape index (κ1) is 16.6. The number of aromatic nitrogens is 2. The number of hydrogen-bond donors (Lipinski definition) is 1. The van der Waals surface area contributed by atoms with Gasteiger partial charge in [-0.25, -0.2) is 9.97 Å². The molecule has 0 radical (unpaired) electrons. The van der Waals surface area contributed by atoms with Gasteiger partial charge < -0.3 is 10.1 Å². The van der Waals surface area contributed by atoms with Crippen LogP contribution in [0, 0.1) is 0 Å². The van der Waals surface area contributed by atoms with Crippen molar-refractivity contribution in [3.8, 4) is 5.75 Å². The molecule has 116 valence electrons. The topological polar surface area (TPSA) is 64.1 Å². The molecule has 5 nitrogen and oxygen atoms in total. The van der Waals surface area contributed by atoms with Crippen molar-refractivity contribution < 1.29 is 9.53 Å². The van der Waals surface area contributed by atoms with Crippen LogP contribution in [0.3, 0.4) is 0 Å². The molecular formula is C15H16ClN3O2S. The highest BCUT2D eigenvalue weighted by atomic mass is 35.5. The number of para-hydroxylation sites is 2. The van der Waals surface area contributed by atoms with Gasteiger partial charge in [-0.2, -0.15) is 0 Å². The van der Waals surface area contributed by atoms with Gasteiger partial charge in [-0.15, -0.1) is 0 Å². The Balaban J connectivity index is 2.25. The van der Waals surface area contributed by atoms with E-state index in [0.29, 0.717) is 21.8 Å². The molecule has 1 aromatic carbocycles. The van der Waals surface area contributed by atoms with Crippen molar-refractivity contribution in [2.24, 2.45) is 0 Å². The van der Waals surface area contributed by atoms with Crippen molar-refractivity contribution >= 4 is 35.0 Å². The Morgan fingerprint density at radius 3 is 2.77 bits per heavy atom. The Morgan fingerprint density at radius 1 is 1.36 bits per heavy atom. The van der Waals surface area contributed by atoms with E-state index in [-0.39, 0.29) is 10.7 Å². The Kier molecular flexibility index (Phi) is 5.63. The van der Waals surface area contributed by atoms with Gasteiger partial charge in [0.1, 0.15) is 5.75 Å². The number of hydrogen-bond acceptors (Lipinski definition) is 5. The number of carbonyl (C=O) groups is 1. The number of nitrogens with zero attached hydrogens (tertiary/aromatic N) is 2. The van der Waals surface area contributed by atoms with Crippen molar-refractivity contribution in [2.45, 2.75) is 24.3 Å². The molecule has 0 fully saturated rings. The minimum Gasteiger partial charge on any atom is -0.495 e. The van der Waals surface area contributed by atoms with Gasteiger partial charge in [-0.1, -0.05) is 49.3 Å². The maximum Gasteiger partial charge on any atom is 0.276 e. The molecule has 2 aromatic rings. The predicted molar refractivity (Wildman–Crippen MR) is 89.0 cm³/mol. The fourth-order valence-corrected chi connectivity index (χ4v) is 2.56. The molecule has 7 heteroatoms. The van der Waals surface area contributed by atoms with E-state index in [1.807, 2.05) is 19.9 Å². The predicted octanol–water partition coefficient (Wildman–Crippen LogP) is 3.89. The van der Waals surface area contributed by atoms with Crippen LogP contribution in [0.25, 0.3) is 0 Å². The minimum atomic E-state index is -0.400. The highest BCUT2D eigenvalue weighted by Gasteiger charge is 2.16. The molecule has 0 aliphatic carbocycles. The molecule has 1 N–H and O–H groups in total. The number of methoxy groups -OCH3 is 1. The van der Waals surface area contributed by atoms with Crippen LogP contribution < -0.4 is 10.1 Å². The third-order valence-electron chi connectivity index (χ3n) is 2.63. The van der Waals surface area contributed by atoms with Crippen molar-refractivity contribution in [3.63, 3.8) is 0 Å². The molecule has 2 rings (SSSR count). The first-order valence-corrected chi connectivity index (χ1v) is 7.90. The summed E-state index contributed by atoms with van der Waals surface area (Å²) < 4.78 is 5.20. The van der Waals surface area contributed by atoms with E-state index in [9.17, 15) is 4.79 Å². The van der Waals surface area contributed by atoms with Gasteiger partial charge in [0.2, 0.25) is 0 Å². The van der Waals surface area contributed by atoms with Crippen molar-refractivity contribution in [1.82, 2.24) is 9.97 Å². The second kappa shape index (κ2) is 7.47. The number of anilines is 1. The smallest absolute Gasteiger partial charge is 0.276 e. The molecule has 1 heterocycles. The first-order chi connectivity index (χ1) is 10.5. The van der Waals surface area contributed by atoms with Crippen LogP contribution >= 0.6 is 23.4 Å². The Hall–Kier alpha value is -1.79. The SMILES string of the molecule is COc1ccccc1NC(=O)c1nc(SC(C)C)ncc1Cl. The summed E-state index contributed by atoms with van der Waals surface area (Å²) in [5, 5.41) is 3.79. The lowest BCUT2D eigenvalue weighted by atomic mass is 10.2. The van der Waals surface area contributed by atoms with E-state index >= 15 is 0 Å². The van der Waals surface area contributed by atoms with E-state index in [0.717, 1.165) is 0 Å². The Labute approximate surface area is 138 Å². The van der Waals surface area contributed by atoms with Crippen molar-refractivity contribution in [2.75, 3.05) is 12.4 Å². The largest absolute Gasteiger partial charge is 0.495 e. The molecule has 1 amide bonds. The molecule has 1 aromatic heterocycles. The van der Waals surface area contributed by atoms with Crippen LogP contribution in [0.1, 0.15) is 24.3 Å². The summed E-state index contributed by atoms with van der Waals surface area (Å²) in [6.07, 6.45) is 1.44. The molecule has 0 unspecified atom stereocenters. The summed E-state index contributed by atoms with van der Waals surface area (Å²) in [4.78, 5) is 20.7. The molecular weight excluding hydrogens is 322 g/mol. The zero-order chi connectivity index (χ0) is 16.1. The van der Waals surface area contributed by atoms with Crippen molar-refractivity contribution in [1.29, 1.82) is 0 Å². The van der Waals surface area contributed by atoms with Crippen LogP contribution in [0.15, 0.2) is 35.6 Å². The second-order valence-electron chi connectivity index (χ2n) is 4.67. The minimum absolute atomic E-state index is 0.144. The zero-order valence-electron chi connectivity index (χ0n) is 12.5. The number of rotatable bonds is 5. The third-order valence-corrected chi connectivity index (χ3v) is 3.79. The molecule has 0 atom stereocenters. The quantitative estimate of drug-likeness (QED) is 0.662. The van der Waals surface area contributed by atoms with Gasteiger partial charge in [-0.3, -0.25) is 4.79 Å². The zero-order valence-corrected chi connectivity index (χ0v) is 14.0. The van der Waals surface area contributed by atoms with E-state index in [1.54, 1.807) is 25.3 Å². The average molecular weight is 338 g/mol. The highest BCUT2D eigenvalue weighted by Crippen LogP contribution is 2.25. The van der Waals surface area contributed by atoms with Gasteiger partial charge in [-0.05, 0) is 12.1 Å². The number of ether oxygens (including phenoxy) is 1. The van der Waals surface area contributed by atoms with Gasteiger partial charge in [0, 0.05) is 5.25 Å². The van der Waals surface area contributed by atoms with Crippen LogP contribution in [0.4, 0.5) is 5.69 Å².